The maximum absolute atomic E-state index is 11.9. The lowest BCUT2D eigenvalue weighted by Crippen LogP contribution is -2.19. The van der Waals surface area contributed by atoms with Crippen molar-refractivity contribution in [2.75, 3.05) is 13.7 Å². The molecule has 0 spiro atoms. The van der Waals surface area contributed by atoms with E-state index in [-0.39, 0.29) is 23.3 Å². The highest BCUT2D eigenvalue weighted by Crippen LogP contribution is 2.15. The van der Waals surface area contributed by atoms with Crippen LogP contribution in [0.25, 0.3) is 0 Å². The Labute approximate surface area is 120 Å². The van der Waals surface area contributed by atoms with E-state index < -0.39 is 10.1 Å². The van der Waals surface area contributed by atoms with Gasteiger partial charge in [0.25, 0.3) is 10.1 Å². The summed E-state index contributed by atoms with van der Waals surface area (Å²) in [5, 5.41) is 2.53. The van der Waals surface area contributed by atoms with Crippen LogP contribution in [0.4, 0.5) is 0 Å². The SMILES string of the molecule is CNC(=O)CCC(C)COS(=O)(=O)c1ccc(C)cc1. The van der Waals surface area contributed by atoms with Crippen LogP contribution < -0.4 is 5.32 Å². The smallest absolute Gasteiger partial charge is 0.296 e. The summed E-state index contributed by atoms with van der Waals surface area (Å²) in [5.74, 6) is -0.0641. The summed E-state index contributed by atoms with van der Waals surface area (Å²) in [7, 11) is -2.14. The highest BCUT2D eigenvalue weighted by atomic mass is 32.2. The van der Waals surface area contributed by atoms with E-state index in [0.29, 0.717) is 12.8 Å². The average Bonchev–Trinajstić information content (AvgIpc) is 2.43. The maximum Gasteiger partial charge on any atom is 0.296 e. The Kier molecular flexibility index (Phi) is 6.16. The number of rotatable bonds is 7. The molecule has 6 heteroatoms. The second kappa shape index (κ2) is 7.40. The third-order valence-corrected chi connectivity index (χ3v) is 4.26. The van der Waals surface area contributed by atoms with E-state index in [1.807, 2.05) is 13.8 Å². The first kappa shape index (κ1) is 16.7. The molecule has 20 heavy (non-hydrogen) atoms. The van der Waals surface area contributed by atoms with Crippen LogP contribution in [0.1, 0.15) is 25.3 Å². The highest BCUT2D eigenvalue weighted by molar-refractivity contribution is 7.86. The van der Waals surface area contributed by atoms with E-state index in [2.05, 4.69) is 5.32 Å². The third kappa shape index (κ3) is 5.30. The fraction of sp³-hybridized carbons (Fsp3) is 0.500. The molecule has 0 fully saturated rings. The van der Waals surface area contributed by atoms with Gasteiger partial charge in [-0.3, -0.25) is 8.98 Å². The lowest BCUT2D eigenvalue weighted by molar-refractivity contribution is -0.120. The molecular formula is C14H21NO4S. The Balaban J connectivity index is 2.51. The molecule has 0 bridgehead atoms. The van der Waals surface area contributed by atoms with Gasteiger partial charge in [0, 0.05) is 13.5 Å². The molecule has 0 aliphatic rings. The van der Waals surface area contributed by atoms with Gasteiger partial charge in [-0.2, -0.15) is 8.42 Å². The number of hydrogen-bond acceptors (Lipinski definition) is 4. The van der Waals surface area contributed by atoms with Gasteiger partial charge in [0.2, 0.25) is 5.91 Å². The van der Waals surface area contributed by atoms with E-state index >= 15 is 0 Å². The number of benzene rings is 1. The van der Waals surface area contributed by atoms with Crippen molar-refractivity contribution in [2.24, 2.45) is 5.92 Å². The molecule has 112 valence electrons. The molecule has 1 unspecified atom stereocenters. The number of carbonyl (C=O) groups excluding carboxylic acids is 1. The summed E-state index contributed by atoms with van der Waals surface area (Å²) in [6.45, 7) is 3.82. The number of hydrogen-bond donors (Lipinski definition) is 1. The van der Waals surface area contributed by atoms with Crippen LogP contribution in [0.15, 0.2) is 29.2 Å². The Morgan fingerprint density at radius 2 is 1.90 bits per heavy atom. The number of carbonyl (C=O) groups is 1. The topological polar surface area (TPSA) is 72.5 Å². The maximum atomic E-state index is 11.9. The Morgan fingerprint density at radius 3 is 2.45 bits per heavy atom. The van der Waals surface area contributed by atoms with Gasteiger partial charge < -0.3 is 5.32 Å². The molecule has 1 rings (SSSR count). The summed E-state index contributed by atoms with van der Waals surface area (Å²) >= 11 is 0. The van der Waals surface area contributed by atoms with Crippen LogP contribution in [0.5, 0.6) is 0 Å². The minimum Gasteiger partial charge on any atom is -0.359 e. The molecule has 1 N–H and O–H groups in total. The van der Waals surface area contributed by atoms with Crippen molar-refractivity contribution in [3.8, 4) is 0 Å². The summed E-state index contributed by atoms with van der Waals surface area (Å²) < 4.78 is 28.9. The zero-order chi connectivity index (χ0) is 15.2. The van der Waals surface area contributed by atoms with E-state index in [0.717, 1.165) is 5.56 Å². The first-order valence-corrected chi connectivity index (χ1v) is 7.92. The predicted octanol–water partition coefficient (Wildman–Crippen LogP) is 1.86. The van der Waals surface area contributed by atoms with Gasteiger partial charge >= 0.3 is 0 Å². The average molecular weight is 299 g/mol. The molecule has 0 saturated heterocycles. The Morgan fingerprint density at radius 1 is 1.30 bits per heavy atom. The molecule has 0 heterocycles. The van der Waals surface area contributed by atoms with E-state index in [1.54, 1.807) is 19.2 Å². The molecule has 0 aliphatic carbocycles. The number of nitrogens with one attached hydrogen (secondary N) is 1. The van der Waals surface area contributed by atoms with Crippen molar-refractivity contribution in [3.63, 3.8) is 0 Å². The van der Waals surface area contributed by atoms with Gasteiger partial charge in [0.15, 0.2) is 0 Å². The summed E-state index contributed by atoms with van der Waals surface area (Å²) in [5.41, 5.74) is 0.989. The lowest BCUT2D eigenvalue weighted by Gasteiger charge is -2.11. The van der Waals surface area contributed by atoms with E-state index in [9.17, 15) is 13.2 Å². The Hall–Kier alpha value is -1.40. The molecule has 0 aromatic heterocycles. The highest BCUT2D eigenvalue weighted by Gasteiger charge is 2.16. The fourth-order valence-corrected chi connectivity index (χ4v) is 2.58. The summed E-state index contributed by atoms with van der Waals surface area (Å²) in [4.78, 5) is 11.3. The Bertz CT molecular complexity index is 537. The normalized spacial score (nSPS) is 12.9. The zero-order valence-electron chi connectivity index (χ0n) is 12.0. The number of aryl methyl sites for hydroxylation is 1. The van der Waals surface area contributed by atoms with Gasteiger partial charge in [-0.15, -0.1) is 0 Å². The van der Waals surface area contributed by atoms with Gasteiger partial charge in [-0.1, -0.05) is 24.6 Å². The molecule has 0 radical (unpaired) electrons. The minimum absolute atomic E-state index is 0.00692. The summed E-state index contributed by atoms with van der Waals surface area (Å²) in [6, 6.07) is 6.51. The molecule has 1 aromatic carbocycles. The second-order valence-corrected chi connectivity index (χ2v) is 6.48. The number of amides is 1. The molecule has 1 amide bonds. The third-order valence-electron chi connectivity index (χ3n) is 2.96. The van der Waals surface area contributed by atoms with Crippen molar-refractivity contribution in [1.29, 1.82) is 0 Å². The standard InChI is InChI=1S/C14H21NO4S/c1-11-4-7-13(8-5-11)20(17,18)19-10-12(2)6-9-14(16)15-3/h4-5,7-8,12H,6,9-10H2,1-3H3,(H,15,16). The van der Waals surface area contributed by atoms with Crippen LogP contribution in [-0.4, -0.2) is 28.0 Å². The molecule has 5 nitrogen and oxygen atoms in total. The van der Waals surface area contributed by atoms with Crippen molar-refractivity contribution in [3.05, 3.63) is 29.8 Å². The first-order valence-electron chi connectivity index (χ1n) is 6.52. The molecule has 1 aromatic rings. The monoisotopic (exact) mass is 299 g/mol. The summed E-state index contributed by atoms with van der Waals surface area (Å²) in [6.07, 6.45) is 0.953. The van der Waals surface area contributed by atoms with Gasteiger partial charge in [-0.25, -0.2) is 0 Å². The molecule has 1 atom stereocenters. The van der Waals surface area contributed by atoms with Gasteiger partial charge in [0.1, 0.15) is 0 Å². The quantitative estimate of drug-likeness (QED) is 0.780. The van der Waals surface area contributed by atoms with Crippen LogP contribution in [0.3, 0.4) is 0 Å². The predicted molar refractivity (Wildman–Crippen MR) is 76.8 cm³/mol. The molecule has 0 saturated carbocycles. The minimum atomic E-state index is -3.72. The van der Waals surface area contributed by atoms with Gasteiger partial charge in [0.05, 0.1) is 11.5 Å². The fourth-order valence-electron chi connectivity index (χ4n) is 1.56. The van der Waals surface area contributed by atoms with Gasteiger partial charge in [-0.05, 0) is 31.4 Å². The second-order valence-electron chi connectivity index (χ2n) is 4.87. The van der Waals surface area contributed by atoms with Crippen molar-refractivity contribution in [1.82, 2.24) is 5.32 Å². The van der Waals surface area contributed by atoms with Crippen LogP contribution in [0, 0.1) is 12.8 Å². The van der Waals surface area contributed by atoms with Crippen molar-refractivity contribution in [2.45, 2.75) is 31.6 Å². The van der Waals surface area contributed by atoms with Crippen molar-refractivity contribution >= 4 is 16.0 Å². The van der Waals surface area contributed by atoms with E-state index in [1.165, 1.54) is 12.1 Å². The van der Waals surface area contributed by atoms with E-state index in [4.69, 9.17) is 4.18 Å². The van der Waals surface area contributed by atoms with Crippen LogP contribution >= 0.6 is 0 Å². The van der Waals surface area contributed by atoms with Crippen molar-refractivity contribution < 1.29 is 17.4 Å². The molecular weight excluding hydrogens is 278 g/mol. The van der Waals surface area contributed by atoms with Crippen LogP contribution in [-0.2, 0) is 19.1 Å². The molecule has 0 aliphatic heterocycles. The largest absolute Gasteiger partial charge is 0.359 e. The first-order chi connectivity index (χ1) is 9.35. The zero-order valence-corrected chi connectivity index (χ0v) is 12.9. The van der Waals surface area contributed by atoms with Crippen LogP contribution in [0.2, 0.25) is 0 Å². The lowest BCUT2D eigenvalue weighted by atomic mass is 10.1.